The Hall–Kier alpha value is -1.06. The van der Waals surface area contributed by atoms with Crippen molar-refractivity contribution in [3.05, 3.63) is 29.8 Å². The zero-order valence-electron chi connectivity index (χ0n) is 12.7. The van der Waals surface area contributed by atoms with Crippen LogP contribution in [-0.4, -0.2) is 23.3 Å². The third kappa shape index (κ3) is 2.63. The second-order valence-corrected chi connectivity index (χ2v) is 6.83. The Balaban J connectivity index is 2.33. The van der Waals surface area contributed by atoms with Gasteiger partial charge in [-0.05, 0) is 52.3 Å². The molecule has 3 nitrogen and oxygen atoms in total. The standard InChI is InChI=1S/C16H26N2O/c1-12-7-6-8-13(9-12)18-16(11-17)10-14(2,3)19-15(16,4)5/h6-9,18H,10-11,17H2,1-5H3. The molecular formula is C16H26N2O. The van der Waals surface area contributed by atoms with Gasteiger partial charge in [0, 0.05) is 18.7 Å². The minimum absolute atomic E-state index is 0.153. The predicted octanol–water partition coefficient (Wildman–Crippen LogP) is 3.08. The molecule has 106 valence electrons. The number of nitrogens with two attached hydrogens (primary N) is 1. The molecule has 3 heteroatoms. The lowest BCUT2D eigenvalue weighted by Crippen LogP contribution is -2.57. The Morgan fingerprint density at radius 2 is 1.95 bits per heavy atom. The van der Waals surface area contributed by atoms with Crippen LogP contribution in [0.25, 0.3) is 0 Å². The zero-order valence-corrected chi connectivity index (χ0v) is 12.7. The van der Waals surface area contributed by atoms with E-state index in [9.17, 15) is 0 Å². The smallest absolute Gasteiger partial charge is 0.0875 e. The second-order valence-electron chi connectivity index (χ2n) is 6.83. The molecule has 1 atom stereocenters. The summed E-state index contributed by atoms with van der Waals surface area (Å²) in [5.74, 6) is 0. The van der Waals surface area contributed by atoms with Gasteiger partial charge in [0.25, 0.3) is 0 Å². The fraction of sp³-hybridized carbons (Fsp3) is 0.625. The Labute approximate surface area is 116 Å². The van der Waals surface area contributed by atoms with Crippen molar-refractivity contribution in [3.8, 4) is 0 Å². The van der Waals surface area contributed by atoms with Crippen LogP contribution in [0.15, 0.2) is 24.3 Å². The average Bonchev–Trinajstić information content (AvgIpc) is 2.43. The highest BCUT2D eigenvalue weighted by molar-refractivity contribution is 5.49. The SMILES string of the molecule is Cc1cccc(NC2(CN)CC(C)(C)OC2(C)C)c1. The minimum atomic E-state index is -0.297. The molecule has 1 aromatic rings. The van der Waals surface area contributed by atoms with Crippen LogP contribution in [0.3, 0.4) is 0 Å². The van der Waals surface area contributed by atoms with Crippen LogP contribution < -0.4 is 11.1 Å². The molecule has 0 saturated carbocycles. The lowest BCUT2D eigenvalue weighted by atomic mass is 9.78. The van der Waals surface area contributed by atoms with Crippen molar-refractivity contribution in [3.63, 3.8) is 0 Å². The molecule has 0 spiro atoms. The van der Waals surface area contributed by atoms with Crippen molar-refractivity contribution in [2.75, 3.05) is 11.9 Å². The maximum absolute atomic E-state index is 6.20. The summed E-state index contributed by atoms with van der Waals surface area (Å²) < 4.78 is 6.20. The van der Waals surface area contributed by atoms with Crippen LogP contribution in [-0.2, 0) is 4.74 Å². The van der Waals surface area contributed by atoms with Gasteiger partial charge in [0.2, 0.25) is 0 Å². The number of hydrogen-bond donors (Lipinski definition) is 2. The minimum Gasteiger partial charge on any atom is -0.375 e. The van der Waals surface area contributed by atoms with Crippen molar-refractivity contribution < 1.29 is 4.74 Å². The molecule has 0 amide bonds. The van der Waals surface area contributed by atoms with Crippen LogP contribution in [0.1, 0.15) is 39.7 Å². The first-order valence-electron chi connectivity index (χ1n) is 6.95. The highest BCUT2D eigenvalue weighted by Gasteiger charge is 2.56. The first kappa shape index (κ1) is 14.4. The van der Waals surface area contributed by atoms with E-state index in [2.05, 4.69) is 64.2 Å². The molecule has 19 heavy (non-hydrogen) atoms. The van der Waals surface area contributed by atoms with Gasteiger partial charge in [0.05, 0.1) is 16.7 Å². The summed E-state index contributed by atoms with van der Waals surface area (Å²) in [6.07, 6.45) is 0.900. The molecule has 1 fully saturated rings. The molecule has 3 N–H and O–H groups in total. The Morgan fingerprint density at radius 3 is 2.42 bits per heavy atom. The Kier molecular flexibility index (Phi) is 3.40. The van der Waals surface area contributed by atoms with Crippen molar-refractivity contribution >= 4 is 5.69 Å². The van der Waals surface area contributed by atoms with Gasteiger partial charge >= 0.3 is 0 Å². The van der Waals surface area contributed by atoms with Crippen LogP contribution in [0.4, 0.5) is 5.69 Å². The van der Waals surface area contributed by atoms with Gasteiger partial charge in [-0.2, -0.15) is 0 Å². The van der Waals surface area contributed by atoms with E-state index in [-0.39, 0.29) is 16.7 Å². The lowest BCUT2D eigenvalue weighted by Gasteiger charge is -2.40. The van der Waals surface area contributed by atoms with E-state index < -0.39 is 0 Å². The van der Waals surface area contributed by atoms with Gasteiger partial charge < -0.3 is 15.8 Å². The molecule has 1 aromatic carbocycles. The van der Waals surface area contributed by atoms with Crippen LogP contribution >= 0.6 is 0 Å². The number of nitrogens with one attached hydrogen (secondary N) is 1. The topological polar surface area (TPSA) is 47.3 Å². The first-order valence-corrected chi connectivity index (χ1v) is 6.95. The number of aryl methyl sites for hydroxylation is 1. The first-order chi connectivity index (χ1) is 8.70. The van der Waals surface area contributed by atoms with Gasteiger partial charge in [0.1, 0.15) is 0 Å². The largest absolute Gasteiger partial charge is 0.375 e. The van der Waals surface area contributed by atoms with E-state index in [4.69, 9.17) is 10.5 Å². The lowest BCUT2D eigenvalue weighted by molar-refractivity contribution is -0.0753. The van der Waals surface area contributed by atoms with Crippen LogP contribution in [0.2, 0.25) is 0 Å². The van der Waals surface area contributed by atoms with Crippen LogP contribution in [0, 0.1) is 6.92 Å². The Morgan fingerprint density at radius 1 is 1.26 bits per heavy atom. The fourth-order valence-electron chi connectivity index (χ4n) is 3.33. The maximum atomic E-state index is 6.20. The van der Waals surface area contributed by atoms with Crippen molar-refractivity contribution in [1.29, 1.82) is 0 Å². The third-order valence-corrected chi connectivity index (χ3v) is 4.16. The molecule has 0 bridgehead atoms. The van der Waals surface area contributed by atoms with Crippen molar-refractivity contribution in [1.82, 2.24) is 0 Å². The Bertz CT molecular complexity index is 468. The molecule has 1 aliphatic rings. The molecule has 1 aliphatic heterocycles. The van der Waals surface area contributed by atoms with Crippen molar-refractivity contribution in [2.45, 2.75) is 57.8 Å². The summed E-state index contributed by atoms with van der Waals surface area (Å²) in [4.78, 5) is 0. The van der Waals surface area contributed by atoms with E-state index in [0.717, 1.165) is 12.1 Å². The predicted molar refractivity (Wildman–Crippen MR) is 80.4 cm³/mol. The number of anilines is 1. The summed E-state index contributed by atoms with van der Waals surface area (Å²) in [6, 6.07) is 8.40. The molecule has 0 aliphatic carbocycles. The summed E-state index contributed by atoms with van der Waals surface area (Å²) in [5, 5.41) is 3.64. The van der Waals surface area contributed by atoms with Gasteiger partial charge in [0.15, 0.2) is 0 Å². The number of benzene rings is 1. The van der Waals surface area contributed by atoms with Gasteiger partial charge in [-0.1, -0.05) is 12.1 Å². The third-order valence-electron chi connectivity index (χ3n) is 4.16. The molecule has 0 radical (unpaired) electrons. The normalized spacial score (nSPS) is 28.3. The maximum Gasteiger partial charge on any atom is 0.0875 e. The molecule has 1 heterocycles. The average molecular weight is 262 g/mol. The van der Waals surface area contributed by atoms with Gasteiger partial charge in [-0.15, -0.1) is 0 Å². The molecule has 0 aromatic heterocycles. The number of hydrogen-bond acceptors (Lipinski definition) is 3. The highest BCUT2D eigenvalue weighted by Crippen LogP contribution is 2.46. The molecule has 1 unspecified atom stereocenters. The monoisotopic (exact) mass is 262 g/mol. The van der Waals surface area contributed by atoms with Gasteiger partial charge in [-0.25, -0.2) is 0 Å². The molecule has 2 rings (SSSR count). The quantitative estimate of drug-likeness (QED) is 0.880. The number of rotatable bonds is 3. The van der Waals surface area contributed by atoms with E-state index in [1.807, 2.05) is 0 Å². The molecule has 1 saturated heterocycles. The van der Waals surface area contributed by atoms with E-state index in [1.165, 1.54) is 5.56 Å². The summed E-state index contributed by atoms with van der Waals surface area (Å²) in [6.45, 7) is 11.2. The fourth-order valence-corrected chi connectivity index (χ4v) is 3.33. The summed E-state index contributed by atoms with van der Waals surface area (Å²) >= 11 is 0. The summed E-state index contributed by atoms with van der Waals surface area (Å²) in [5.41, 5.74) is 7.78. The van der Waals surface area contributed by atoms with E-state index >= 15 is 0 Å². The van der Waals surface area contributed by atoms with Crippen molar-refractivity contribution in [2.24, 2.45) is 5.73 Å². The van der Waals surface area contributed by atoms with Crippen LogP contribution in [0.5, 0.6) is 0 Å². The van der Waals surface area contributed by atoms with E-state index in [1.54, 1.807) is 0 Å². The highest BCUT2D eigenvalue weighted by atomic mass is 16.5. The second kappa shape index (κ2) is 4.50. The van der Waals surface area contributed by atoms with Gasteiger partial charge in [-0.3, -0.25) is 0 Å². The summed E-state index contributed by atoms with van der Waals surface area (Å²) in [7, 11) is 0. The zero-order chi connectivity index (χ0) is 14.3. The van der Waals surface area contributed by atoms with E-state index in [0.29, 0.717) is 6.54 Å². The molecular weight excluding hydrogens is 236 g/mol. The number of ether oxygens (including phenoxy) is 1.